The van der Waals surface area contributed by atoms with Gasteiger partial charge in [0.1, 0.15) is 11.7 Å². The number of ether oxygens (including phenoxy) is 3. The minimum absolute atomic E-state index is 0.0115. The molecule has 8 atom stereocenters. The highest BCUT2D eigenvalue weighted by atomic mass is 16.7. The Bertz CT molecular complexity index is 930. The number of carbonyl (C=O) groups is 3. The summed E-state index contributed by atoms with van der Waals surface area (Å²) < 4.78 is 17.0. The number of carbonyl (C=O) groups excluding carboxylic acids is 3. The summed E-state index contributed by atoms with van der Waals surface area (Å²) in [5.41, 5.74) is 4.57. The fourth-order valence-electron chi connectivity index (χ4n) is 8.73. The molecule has 0 aromatic heterocycles. The van der Waals surface area contributed by atoms with Crippen molar-refractivity contribution in [3.8, 4) is 0 Å². The molecule has 0 aromatic carbocycles. The first-order valence-corrected chi connectivity index (χ1v) is 12.6. The Hall–Kier alpha value is -1.89. The third-order valence-corrected chi connectivity index (χ3v) is 10.3. The zero-order chi connectivity index (χ0) is 23.8. The largest absolute Gasteiger partial charge is 0.463 e. The molecule has 1 heterocycles. The molecule has 0 aromatic rings. The van der Waals surface area contributed by atoms with E-state index >= 15 is 0 Å². The average molecular weight is 460 g/mol. The molecule has 1 saturated heterocycles. The molecule has 5 rings (SSSR count). The lowest BCUT2D eigenvalue weighted by Gasteiger charge is -2.57. The van der Waals surface area contributed by atoms with Crippen molar-refractivity contribution >= 4 is 17.8 Å². The first kappa shape index (κ1) is 22.9. The number of primary amides is 1. The Morgan fingerprint density at radius 2 is 1.85 bits per heavy atom. The van der Waals surface area contributed by atoms with Crippen molar-refractivity contribution in [1.29, 1.82) is 0 Å². The average Bonchev–Trinajstić information content (AvgIpc) is 3.36. The zero-order valence-electron chi connectivity index (χ0n) is 20.3. The third-order valence-electron chi connectivity index (χ3n) is 10.3. The zero-order valence-corrected chi connectivity index (χ0v) is 20.3. The molecule has 7 nitrogen and oxygen atoms in total. The molecule has 1 spiro atoms. The Kier molecular flexibility index (Phi) is 5.06. The van der Waals surface area contributed by atoms with Crippen LogP contribution in [0.4, 0.5) is 0 Å². The van der Waals surface area contributed by atoms with Crippen LogP contribution in [0.3, 0.4) is 0 Å². The minimum atomic E-state index is -1.64. The number of allylic oxidation sites excluding steroid dienone is 1. The predicted octanol–water partition coefficient (Wildman–Crippen LogP) is 3.44. The molecule has 3 saturated carbocycles. The van der Waals surface area contributed by atoms with E-state index in [1.807, 2.05) is 0 Å². The highest BCUT2D eigenvalue weighted by Crippen LogP contribution is 2.75. The minimum Gasteiger partial charge on any atom is -0.463 e. The predicted molar refractivity (Wildman–Crippen MR) is 120 cm³/mol. The van der Waals surface area contributed by atoms with E-state index < -0.39 is 23.1 Å². The monoisotopic (exact) mass is 459 g/mol. The fourth-order valence-corrected chi connectivity index (χ4v) is 8.73. The van der Waals surface area contributed by atoms with E-state index in [1.54, 1.807) is 6.92 Å². The summed E-state index contributed by atoms with van der Waals surface area (Å²) in [4.78, 5) is 36.9. The summed E-state index contributed by atoms with van der Waals surface area (Å²) in [6.07, 6.45) is 9.68. The van der Waals surface area contributed by atoms with E-state index in [0.717, 1.165) is 44.9 Å². The lowest BCUT2D eigenvalue weighted by molar-refractivity contribution is -0.153. The van der Waals surface area contributed by atoms with Gasteiger partial charge in [0.2, 0.25) is 0 Å². The number of fused-ring (bicyclic) bond motifs is 6. The van der Waals surface area contributed by atoms with Gasteiger partial charge in [0.15, 0.2) is 0 Å². The number of hydrogen-bond acceptors (Lipinski definition) is 6. The lowest BCUT2D eigenvalue weighted by atomic mass is 9.47. The molecule has 1 aliphatic heterocycles. The van der Waals surface area contributed by atoms with Crippen LogP contribution in [0, 0.1) is 28.6 Å². The number of esters is 2. The second kappa shape index (κ2) is 7.30. The molecule has 4 fully saturated rings. The molecule has 5 aliphatic rings. The van der Waals surface area contributed by atoms with Crippen LogP contribution in [0.25, 0.3) is 0 Å². The normalized spacial score (nSPS) is 47.6. The molecular formula is C26H37NO6. The van der Waals surface area contributed by atoms with Crippen molar-refractivity contribution in [3.63, 3.8) is 0 Å². The highest BCUT2D eigenvalue weighted by molar-refractivity contribution is 6.10. The number of nitrogens with two attached hydrogens (primary N) is 1. The Morgan fingerprint density at radius 1 is 1.12 bits per heavy atom. The summed E-state index contributed by atoms with van der Waals surface area (Å²) in [6, 6.07) is 0. The number of hydrogen-bond donors (Lipinski definition) is 1. The maximum atomic E-state index is 12.9. The number of rotatable bonds is 4. The quantitative estimate of drug-likeness (QED) is 0.299. The number of amides is 1. The van der Waals surface area contributed by atoms with Crippen molar-refractivity contribution < 1.29 is 28.6 Å². The maximum absolute atomic E-state index is 12.9. The summed E-state index contributed by atoms with van der Waals surface area (Å²) in [6.45, 7) is 8.02. The number of epoxide rings is 1. The van der Waals surface area contributed by atoms with Gasteiger partial charge in [-0.3, -0.25) is 9.59 Å². The van der Waals surface area contributed by atoms with Crippen LogP contribution < -0.4 is 5.73 Å². The maximum Gasteiger partial charge on any atom is 0.351 e. The molecular weight excluding hydrogens is 422 g/mol. The molecule has 4 aliphatic carbocycles. The Labute approximate surface area is 195 Å². The van der Waals surface area contributed by atoms with Crippen LogP contribution in [-0.2, 0) is 28.6 Å². The molecule has 0 radical (unpaired) electrons. The second-order valence-corrected chi connectivity index (χ2v) is 11.4. The van der Waals surface area contributed by atoms with E-state index in [9.17, 15) is 14.4 Å². The molecule has 1 amide bonds. The van der Waals surface area contributed by atoms with Crippen LogP contribution in [0.1, 0.15) is 79.1 Å². The first-order valence-electron chi connectivity index (χ1n) is 12.6. The molecule has 182 valence electrons. The molecule has 0 bridgehead atoms. The standard InChI is InChI=1S/C26H37NO6/c1-5-31-22(30)26(21(27)29)25(33-26)13-10-20-18-7-6-16-14-17(32-15(2)28)8-11-23(16,3)19(18)9-12-24(20,25)4/h6,17-20H,5,7-14H2,1-4H3,(H2,27,29)/t17-,18-,19-,20+,23-,24-,25+,26-/m0/s1. The van der Waals surface area contributed by atoms with Gasteiger partial charge in [0.05, 0.1) is 6.61 Å². The van der Waals surface area contributed by atoms with Crippen molar-refractivity contribution in [3.05, 3.63) is 11.6 Å². The first-order chi connectivity index (χ1) is 15.6. The summed E-state index contributed by atoms with van der Waals surface area (Å²) in [5.74, 6) is -0.138. The van der Waals surface area contributed by atoms with Crippen LogP contribution in [-0.4, -0.2) is 41.8 Å². The third kappa shape index (κ3) is 2.80. The van der Waals surface area contributed by atoms with Gasteiger partial charge in [-0.25, -0.2) is 4.79 Å². The van der Waals surface area contributed by atoms with Crippen LogP contribution >= 0.6 is 0 Å². The van der Waals surface area contributed by atoms with Crippen LogP contribution in [0.2, 0.25) is 0 Å². The van der Waals surface area contributed by atoms with Gasteiger partial charge in [0, 0.05) is 18.8 Å². The Balaban J connectivity index is 1.43. The van der Waals surface area contributed by atoms with Gasteiger partial charge in [-0.15, -0.1) is 0 Å². The van der Waals surface area contributed by atoms with Crippen molar-refractivity contribution in [2.45, 2.75) is 96.4 Å². The van der Waals surface area contributed by atoms with Crippen molar-refractivity contribution in [2.24, 2.45) is 34.3 Å². The van der Waals surface area contributed by atoms with Crippen LogP contribution in [0.5, 0.6) is 0 Å². The topological polar surface area (TPSA) is 108 Å². The van der Waals surface area contributed by atoms with Crippen LogP contribution in [0.15, 0.2) is 11.6 Å². The van der Waals surface area contributed by atoms with E-state index in [-0.39, 0.29) is 29.5 Å². The van der Waals surface area contributed by atoms with Crippen molar-refractivity contribution in [1.82, 2.24) is 0 Å². The molecule has 7 heteroatoms. The van der Waals surface area contributed by atoms with Gasteiger partial charge in [-0.2, -0.15) is 0 Å². The lowest BCUT2D eigenvalue weighted by Crippen LogP contribution is -2.56. The molecule has 2 N–H and O–H groups in total. The SMILES string of the molecule is CCOC(=O)[C@]1(C(N)=O)O[C@@]12CC[C@@H]1[C@H]3CC=C4C[C@@H](OC(C)=O)CC[C@]4(C)[C@H]3CC[C@@]12C. The smallest absolute Gasteiger partial charge is 0.351 e. The second-order valence-electron chi connectivity index (χ2n) is 11.4. The molecule has 33 heavy (non-hydrogen) atoms. The van der Waals surface area contributed by atoms with Gasteiger partial charge in [-0.1, -0.05) is 25.5 Å². The van der Waals surface area contributed by atoms with Crippen molar-refractivity contribution in [2.75, 3.05) is 6.61 Å². The van der Waals surface area contributed by atoms with E-state index in [2.05, 4.69) is 19.9 Å². The highest BCUT2D eigenvalue weighted by Gasteiger charge is 2.88. The fraction of sp³-hybridized carbons (Fsp3) is 0.808. The van der Waals surface area contributed by atoms with Gasteiger partial charge in [-0.05, 0) is 75.0 Å². The van der Waals surface area contributed by atoms with E-state index in [4.69, 9.17) is 19.9 Å². The van der Waals surface area contributed by atoms with Gasteiger partial charge in [0.25, 0.3) is 11.5 Å². The van der Waals surface area contributed by atoms with Gasteiger partial charge < -0.3 is 19.9 Å². The summed E-state index contributed by atoms with van der Waals surface area (Å²) in [7, 11) is 0. The summed E-state index contributed by atoms with van der Waals surface area (Å²) in [5, 5.41) is 0. The van der Waals surface area contributed by atoms with E-state index in [0.29, 0.717) is 24.2 Å². The summed E-state index contributed by atoms with van der Waals surface area (Å²) >= 11 is 0. The van der Waals surface area contributed by atoms with E-state index in [1.165, 1.54) is 12.5 Å². The molecule has 0 unspecified atom stereocenters. The Morgan fingerprint density at radius 3 is 2.52 bits per heavy atom. The van der Waals surface area contributed by atoms with Gasteiger partial charge >= 0.3 is 11.9 Å².